The van der Waals surface area contributed by atoms with Gasteiger partial charge in [0.25, 0.3) is 0 Å². The van der Waals surface area contributed by atoms with Gasteiger partial charge in [0.2, 0.25) is 0 Å². The van der Waals surface area contributed by atoms with E-state index in [-0.39, 0.29) is 11.9 Å². The molecule has 0 aromatic heterocycles. The van der Waals surface area contributed by atoms with E-state index in [2.05, 4.69) is 11.0 Å². The average molecular weight is 282 g/mol. The summed E-state index contributed by atoms with van der Waals surface area (Å²) in [6.45, 7) is 0.536. The van der Waals surface area contributed by atoms with Gasteiger partial charge in [-0.25, -0.2) is 4.39 Å². The van der Waals surface area contributed by atoms with E-state index in [1.54, 1.807) is 24.3 Å². The molecule has 0 aliphatic carbocycles. The molecule has 0 saturated carbocycles. The van der Waals surface area contributed by atoms with E-state index in [0.717, 1.165) is 11.3 Å². The number of benzene rings is 2. The quantitative estimate of drug-likeness (QED) is 0.921. The van der Waals surface area contributed by atoms with Crippen molar-refractivity contribution in [3.8, 4) is 6.07 Å². The Labute approximate surface area is 122 Å². The van der Waals surface area contributed by atoms with Crippen LogP contribution in [0.1, 0.15) is 23.6 Å². The molecule has 3 nitrogen and oxygen atoms in total. The zero-order valence-electron chi connectivity index (χ0n) is 11.4. The van der Waals surface area contributed by atoms with Crippen molar-refractivity contribution in [1.82, 2.24) is 0 Å². The Morgan fingerprint density at radius 3 is 2.38 bits per heavy atom. The van der Waals surface area contributed by atoms with Gasteiger partial charge in [-0.2, -0.15) is 5.26 Å². The number of rotatable bonds is 2. The van der Waals surface area contributed by atoms with Crippen molar-refractivity contribution in [2.45, 2.75) is 18.6 Å². The molecule has 0 spiro atoms. The molecule has 2 aromatic carbocycles. The maximum atomic E-state index is 13.1. The van der Waals surface area contributed by atoms with E-state index in [4.69, 9.17) is 5.26 Å². The van der Waals surface area contributed by atoms with Gasteiger partial charge in [-0.05, 0) is 48.4 Å². The summed E-state index contributed by atoms with van der Waals surface area (Å²) in [7, 11) is 0. The first kappa shape index (κ1) is 13.6. The Morgan fingerprint density at radius 1 is 1.10 bits per heavy atom. The Hall–Kier alpha value is -2.38. The number of halogens is 1. The number of β-amino-alcohol motifs (C(OH)–C–C–N with tert-alkyl or cyclic N) is 1. The summed E-state index contributed by atoms with van der Waals surface area (Å²) < 4.78 is 13.1. The summed E-state index contributed by atoms with van der Waals surface area (Å²) in [5.74, 6) is -0.262. The average Bonchev–Trinajstić information content (AvgIpc) is 2.90. The number of hydrogen-bond donors (Lipinski definition) is 1. The molecule has 4 heteroatoms. The molecule has 2 aromatic rings. The van der Waals surface area contributed by atoms with Crippen molar-refractivity contribution >= 4 is 5.69 Å². The molecular formula is C17H15FN2O. The van der Waals surface area contributed by atoms with E-state index in [1.165, 1.54) is 12.1 Å². The SMILES string of the molecule is N#Cc1ccc(N2C[C@H](O)C[C@@H]2c2ccc(F)cc2)cc1. The van der Waals surface area contributed by atoms with Gasteiger partial charge in [0, 0.05) is 12.2 Å². The number of aliphatic hydroxyl groups excluding tert-OH is 1. The molecule has 0 radical (unpaired) electrons. The van der Waals surface area contributed by atoms with Crippen LogP contribution in [0.25, 0.3) is 0 Å². The van der Waals surface area contributed by atoms with Crippen molar-refractivity contribution < 1.29 is 9.50 Å². The van der Waals surface area contributed by atoms with Crippen LogP contribution in [0, 0.1) is 17.1 Å². The topological polar surface area (TPSA) is 47.3 Å². The molecule has 21 heavy (non-hydrogen) atoms. The minimum absolute atomic E-state index is 0.0218. The van der Waals surface area contributed by atoms with Crippen LogP contribution in [0.5, 0.6) is 0 Å². The van der Waals surface area contributed by atoms with E-state index < -0.39 is 6.10 Å². The highest BCUT2D eigenvalue weighted by Gasteiger charge is 2.32. The minimum Gasteiger partial charge on any atom is -0.391 e. The van der Waals surface area contributed by atoms with Crippen molar-refractivity contribution in [3.05, 3.63) is 65.5 Å². The molecule has 2 atom stereocenters. The maximum absolute atomic E-state index is 13.1. The van der Waals surface area contributed by atoms with Crippen molar-refractivity contribution in [1.29, 1.82) is 5.26 Å². The van der Waals surface area contributed by atoms with Crippen LogP contribution in [-0.2, 0) is 0 Å². The molecule has 0 unspecified atom stereocenters. The minimum atomic E-state index is -0.407. The van der Waals surface area contributed by atoms with E-state index in [1.807, 2.05) is 12.1 Å². The number of hydrogen-bond acceptors (Lipinski definition) is 3. The molecule has 106 valence electrons. The van der Waals surface area contributed by atoms with Gasteiger partial charge in [-0.15, -0.1) is 0 Å². The zero-order chi connectivity index (χ0) is 14.8. The van der Waals surface area contributed by atoms with Crippen molar-refractivity contribution in [2.24, 2.45) is 0 Å². The summed E-state index contributed by atoms with van der Waals surface area (Å²) in [5, 5.41) is 18.8. The number of nitrogens with zero attached hydrogens (tertiary/aromatic N) is 2. The third-order valence-corrected chi connectivity index (χ3v) is 3.86. The van der Waals surface area contributed by atoms with E-state index >= 15 is 0 Å². The summed E-state index contributed by atoms with van der Waals surface area (Å²) in [6, 6.07) is 15.8. The molecule has 0 bridgehead atoms. The summed E-state index contributed by atoms with van der Waals surface area (Å²) in [5.41, 5.74) is 2.55. The molecule has 1 aliphatic rings. The first-order chi connectivity index (χ1) is 10.2. The highest BCUT2D eigenvalue weighted by molar-refractivity contribution is 5.53. The normalized spacial score (nSPS) is 21.3. The second-order valence-corrected chi connectivity index (χ2v) is 5.27. The second-order valence-electron chi connectivity index (χ2n) is 5.27. The van der Waals surface area contributed by atoms with Crippen molar-refractivity contribution in [3.63, 3.8) is 0 Å². The second kappa shape index (κ2) is 5.55. The molecule has 1 N–H and O–H groups in total. The van der Waals surface area contributed by atoms with Gasteiger partial charge in [-0.1, -0.05) is 12.1 Å². The van der Waals surface area contributed by atoms with E-state index in [0.29, 0.717) is 18.5 Å². The van der Waals surface area contributed by atoms with Crippen LogP contribution in [0.3, 0.4) is 0 Å². The van der Waals surface area contributed by atoms with Gasteiger partial charge in [-0.3, -0.25) is 0 Å². The van der Waals surface area contributed by atoms with E-state index in [9.17, 15) is 9.50 Å². The van der Waals surface area contributed by atoms with Gasteiger partial charge in [0.1, 0.15) is 5.82 Å². The lowest BCUT2D eigenvalue weighted by atomic mass is 10.0. The zero-order valence-corrected chi connectivity index (χ0v) is 11.4. The standard InChI is InChI=1S/C17H15FN2O/c18-14-5-3-13(4-6-14)17-9-16(21)11-20(17)15-7-1-12(10-19)2-8-15/h1-8,16-17,21H,9,11H2/t16-,17-/m1/s1. The molecule has 1 fully saturated rings. The fourth-order valence-corrected chi connectivity index (χ4v) is 2.83. The first-order valence-electron chi connectivity index (χ1n) is 6.87. The molecule has 1 saturated heterocycles. The predicted octanol–water partition coefficient (Wildman–Crippen LogP) is 3.01. The largest absolute Gasteiger partial charge is 0.391 e. The third-order valence-electron chi connectivity index (χ3n) is 3.86. The summed E-state index contributed by atoms with van der Waals surface area (Å²) in [4.78, 5) is 2.10. The monoisotopic (exact) mass is 282 g/mol. The van der Waals surface area contributed by atoms with Gasteiger partial charge in [0.05, 0.1) is 23.8 Å². The van der Waals surface area contributed by atoms with Crippen LogP contribution in [0.2, 0.25) is 0 Å². The highest BCUT2D eigenvalue weighted by Crippen LogP contribution is 2.36. The molecule has 1 aliphatic heterocycles. The number of aliphatic hydroxyl groups is 1. The maximum Gasteiger partial charge on any atom is 0.123 e. The lowest BCUT2D eigenvalue weighted by Crippen LogP contribution is -2.24. The molecular weight excluding hydrogens is 267 g/mol. The van der Waals surface area contributed by atoms with Gasteiger partial charge >= 0.3 is 0 Å². The lowest BCUT2D eigenvalue weighted by molar-refractivity contribution is 0.194. The summed E-state index contributed by atoms with van der Waals surface area (Å²) in [6.07, 6.45) is 0.210. The molecule has 1 heterocycles. The van der Waals surface area contributed by atoms with Crippen LogP contribution < -0.4 is 4.90 Å². The van der Waals surface area contributed by atoms with Crippen LogP contribution in [-0.4, -0.2) is 17.8 Å². The van der Waals surface area contributed by atoms with Gasteiger partial charge < -0.3 is 10.0 Å². The van der Waals surface area contributed by atoms with Crippen molar-refractivity contribution in [2.75, 3.05) is 11.4 Å². The Kier molecular flexibility index (Phi) is 3.59. The molecule has 3 rings (SSSR count). The number of anilines is 1. The van der Waals surface area contributed by atoms with Crippen LogP contribution in [0.15, 0.2) is 48.5 Å². The lowest BCUT2D eigenvalue weighted by Gasteiger charge is -2.27. The highest BCUT2D eigenvalue weighted by atomic mass is 19.1. The smallest absolute Gasteiger partial charge is 0.123 e. The Balaban J connectivity index is 1.91. The number of nitriles is 1. The third kappa shape index (κ3) is 2.74. The fourth-order valence-electron chi connectivity index (χ4n) is 2.83. The first-order valence-corrected chi connectivity index (χ1v) is 6.87. The van der Waals surface area contributed by atoms with Gasteiger partial charge in [0.15, 0.2) is 0 Å². The Morgan fingerprint density at radius 2 is 1.76 bits per heavy atom. The molecule has 0 amide bonds. The Bertz CT molecular complexity index is 661. The van der Waals surface area contributed by atoms with Crippen LogP contribution >= 0.6 is 0 Å². The fraction of sp³-hybridized carbons (Fsp3) is 0.235. The summed E-state index contributed by atoms with van der Waals surface area (Å²) >= 11 is 0. The predicted molar refractivity (Wildman–Crippen MR) is 78.3 cm³/mol. The van der Waals surface area contributed by atoms with Crippen LogP contribution in [0.4, 0.5) is 10.1 Å².